The van der Waals surface area contributed by atoms with E-state index >= 15 is 0 Å². The Morgan fingerprint density at radius 3 is 3.00 bits per heavy atom. The molecule has 1 fully saturated rings. The van der Waals surface area contributed by atoms with Crippen LogP contribution in [0.4, 0.5) is 0 Å². The van der Waals surface area contributed by atoms with Crippen LogP contribution in [0.15, 0.2) is 22.8 Å². The van der Waals surface area contributed by atoms with Gasteiger partial charge in [0, 0.05) is 0 Å². The molecule has 0 radical (unpaired) electrons. The molecule has 1 heterocycles. The first kappa shape index (κ1) is 10.7. The van der Waals surface area contributed by atoms with Crippen molar-refractivity contribution in [3.63, 3.8) is 0 Å². The van der Waals surface area contributed by atoms with E-state index in [1.54, 1.807) is 6.26 Å². The van der Waals surface area contributed by atoms with E-state index in [9.17, 15) is 0 Å². The van der Waals surface area contributed by atoms with E-state index in [2.05, 4.69) is 0 Å². The van der Waals surface area contributed by atoms with Gasteiger partial charge in [-0.2, -0.15) is 0 Å². The van der Waals surface area contributed by atoms with Crippen molar-refractivity contribution in [2.24, 2.45) is 17.6 Å². The molecule has 3 nitrogen and oxygen atoms in total. The fraction of sp³-hybridized carbons (Fsp3) is 0.667. The second kappa shape index (κ2) is 5.33. The number of hydrogen-bond acceptors (Lipinski definition) is 3. The van der Waals surface area contributed by atoms with Gasteiger partial charge in [-0.3, -0.25) is 0 Å². The second-order valence-corrected chi connectivity index (χ2v) is 4.28. The summed E-state index contributed by atoms with van der Waals surface area (Å²) in [5, 5.41) is 0. The van der Waals surface area contributed by atoms with Crippen molar-refractivity contribution in [1.29, 1.82) is 0 Å². The van der Waals surface area contributed by atoms with Gasteiger partial charge in [-0.15, -0.1) is 0 Å². The van der Waals surface area contributed by atoms with Crippen molar-refractivity contribution in [3.05, 3.63) is 24.2 Å². The average Bonchev–Trinajstić information content (AvgIpc) is 2.88. The van der Waals surface area contributed by atoms with Crippen molar-refractivity contribution in [1.82, 2.24) is 0 Å². The zero-order valence-corrected chi connectivity index (χ0v) is 9.02. The topological polar surface area (TPSA) is 48.4 Å². The lowest BCUT2D eigenvalue weighted by atomic mass is 9.97. The summed E-state index contributed by atoms with van der Waals surface area (Å²) >= 11 is 0. The normalized spacial score (nSPS) is 25.9. The van der Waals surface area contributed by atoms with Crippen molar-refractivity contribution in [2.45, 2.75) is 25.9 Å². The molecule has 1 aliphatic rings. The number of nitrogens with two attached hydrogens (primary N) is 1. The summed E-state index contributed by atoms with van der Waals surface area (Å²) in [4.78, 5) is 0. The van der Waals surface area contributed by atoms with E-state index in [1.807, 2.05) is 12.1 Å². The van der Waals surface area contributed by atoms with Crippen LogP contribution in [-0.2, 0) is 11.3 Å². The first-order valence-electron chi connectivity index (χ1n) is 5.70. The fourth-order valence-electron chi connectivity index (χ4n) is 2.35. The molecular weight excluding hydrogens is 190 g/mol. The van der Waals surface area contributed by atoms with Gasteiger partial charge in [0.15, 0.2) is 0 Å². The average molecular weight is 209 g/mol. The molecule has 0 aromatic carbocycles. The van der Waals surface area contributed by atoms with Crippen LogP contribution in [0.2, 0.25) is 0 Å². The van der Waals surface area contributed by atoms with Gasteiger partial charge in [-0.1, -0.05) is 6.42 Å². The molecule has 2 atom stereocenters. The van der Waals surface area contributed by atoms with Crippen LogP contribution in [0.25, 0.3) is 0 Å². The largest absolute Gasteiger partial charge is 0.467 e. The molecule has 1 aliphatic carbocycles. The highest BCUT2D eigenvalue weighted by molar-refractivity contribution is 4.96. The van der Waals surface area contributed by atoms with Crippen LogP contribution in [0.5, 0.6) is 0 Å². The maximum Gasteiger partial charge on any atom is 0.129 e. The van der Waals surface area contributed by atoms with Gasteiger partial charge in [0.1, 0.15) is 12.4 Å². The molecule has 0 spiro atoms. The minimum atomic E-state index is 0.584. The van der Waals surface area contributed by atoms with Crippen molar-refractivity contribution >= 4 is 0 Å². The molecule has 3 heteroatoms. The summed E-state index contributed by atoms with van der Waals surface area (Å²) in [6.07, 6.45) is 5.51. The maximum absolute atomic E-state index is 5.72. The van der Waals surface area contributed by atoms with E-state index in [-0.39, 0.29) is 0 Å². The Bertz CT molecular complexity index is 271. The first-order chi connectivity index (χ1) is 7.40. The predicted octanol–water partition coefficient (Wildman–Crippen LogP) is 2.17. The third-order valence-electron chi connectivity index (χ3n) is 3.28. The lowest BCUT2D eigenvalue weighted by Crippen LogP contribution is -2.22. The highest BCUT2D eigenvalue weighted by Gasteiger charge is 2.25. The Kier molecular flexibility index (Phi) is 3.80. The van der Waals surface area contributed by atoms with Gasteiger partial charge in [0.2, 0.25) is 0 Å². The Balaban J connectivity index is 1.69. The van der Waals surface area contributed by atoms with E-state index in [4.69, 9.17) is 14.9 Å². The molecule has 1 aromatic rings. The molecule has 15 heavy (non-hydrogen) atoms. The van der Waals surface area contributed by atoms with E-state index in [1.165, 1.54) is 19.3 Å². The van der Waals surface area contributed by atoms with Gasteiger partial charge >= 0.3 is 0 Å². The quantitative estimate of drug-likeness (QED) is 0.808. The summed E-state index contributed by atoms with van der Waals surface area (Å²) in [6.45, 7) is 2.21. The van der Waals surface area contributed by atoms with Gasteiger partial charge in [-0.05, 0) is 43.4 Å². The van der Waals surface area contributed by atoms with E-state index in [0.29, 0.717) is 18.4 Å². The molecule has 84 valence electrons. The molecule has 0 aliphatic heterocycles. The monoisotopic (exact) mass is 209 g/mol. The molecule has 0 saturated heterocycles. The molecule has 0 bridgehead atoms. The van der Waals surface area contributed by atoms with Crippen LogP contribution in [0, 0.1) is 11.8 Å². The Hall–Kier alpha value is -0.800. The Labute approximate surface area is 90.6 Å². The van der Waals surface area contributed by atoms with Crippen LogP contribution in [-0.4, -0.2) is 13.2 Å². The zero-order valence-electron chi connectivity index (χ0n) is 9.02. The van der Waals surface area contributed by atoms with Gasteiger partial charge in [0.25, 0.3) is 0 Å². The Morgan fingerprint density at radius 1 is 1.40 bits per heavy atom. The number of hydrogen-bond donors (Lipinski definition) is 1. The lowest BCUT2D eigenvalue weighted by Gasteiger charge is -2.17. The highest BCUT2D eigenvalue weighted by Crippen LogP contribution is 2.31. The van der Waals surface area contributed by atoms with E-state index < -0.39 is 0 Å². The summed E-state index contributed by atoms with van der Waals surface area (Å²) in [6, 6.07) is 3.83. The fourth-order valence-corrected chi connectivity index (χ4v) is 2.35. The predicted molar refractivity (Wildman–Crippen MR) is 58.2 cm³/mol. The van der Waals surface area contributed by atoms with Crippen LogP contribution in [0.1, 0.15) is 25.0 Å². The Morgan fingerprint density at radius 2 is 2.27 bits per heavy atom. The first-order valence-corrected chi connectivity index (χ1v) is 5.70. The van der Waals surface area contributed by atoms with Crippen LogP contribution >= 0.6 is 0 Å². The van der Waals surface area contributed by atoms with E-state index in [0.717, 1.165) is 18.9 Å². The summed E-state index contributed by atoms with van der Waals surface area (Å²) < 4.78 is 10.8. The third-order valence-corrected chi connectivity index (χ3v) is 3.28. The molecule has 1 aromatic heterocycles. The van der Waals surface area contributed by atoms with Crippen LogP contribution in [0.3, 0.4) is 0 Å². The molecular formula is C12H19NO2. The molecule has 1 saturated carbocycles. The van der Waals surface area contributed by atoms with Gasteiger partial charge in [0.05, 0.1) is 12.9 Å². The molecule has 2 rings (SSSR count). The second-order valence-electron chi connectivity index (χ2n) is 4.28. The number of ether oxygens (including phenoxy) is 1. The smallest absolute Gasteiger partial charge is 0.129 e. The molecule has 0 amide bonds. The van der Waals surface area contributed by atoms with Crippen molar-refractivity contribution in [2.75, 3.05) is 13.2 Å². The minimum Gasteiger partial charge on any atom is -0.467 e. The number of furan rings is 1. The minimum absolute atomic E-state index is 0.584. The van der Waals surface area contributed by atoms with Gasteiger partial charge < -0.3 is 14.9 Å². The standard InChI is InChI=1S/C12H19NO2/c13-7-10-3-1-4-11(10)8-14-9-12-5-2-6-15-12/h2,5-6,10-11H,1,3-4,7-9,13H2. The summed E-state index contributed by atoms with van der Waals surface area (Å²) in [7, 11) is 0. The SMILES string of the molecule is NCC1CCCC1COCc1ccco1. The number of rotatable bonds is 5. The lowest BCUT2D eigenvalue weighted by molar-refractivity contribution is 0.0649. The van der Waals surface area contributed by atoms with Crippen molar-refractivity contribution < 1.29 is 9.15 Å². The zero-order chi connectivity index (χ0) is 10.5. The van der Waals surface area contributed by atoms with Crippen LogP contribution < -0.4 is 5.73 Å². The molecule has 2 unspecified atom stereocenters. The third kappa shape index (κ3) is 2.83. The van der Waals surface area contributed by atoms with Gasteiger partial charge in [-0.25, -0.2) is 0 Å². The molecule has 2 N–H and O–H groups in total. The highest BCUT2D eigenvalue weighted by atomic mass is 16.5. The summed E-state index contributed by atoms with van der Waals surface area (Å²) in [5.41, 5.74) is 5.72. The van der Waals surface area contributed by atoms with Crippen molar-refractivity contribution in [3.8, 4) is 0 Å². The maximum atomic E-state index is 5.72. The summed E-state index contributed by atoms with van der Waals surface area (Å²) in [5.74, 6) is 2.23.